The number of hydrogen-bond acceptors (Lipinski definition) is 5. The monoisotopic (exact) mass is 431 g/mol. The lowest BCUT2D eigenvalue weighted by atomic mass is 10.2. The first kappa shape index (κ1) is 22.6. The van der Waals surface area contributed by atoms with Gasteiger partial charge in [-0.2, -0.15) is 5.10 Å². The van der Waals surface area contributed by atoms with Crippen LogP contribution in [0.4, 0.5) is 0 Å². The molecule has 0 spiro atoms. The number of hydrazone groups is 1. The predicted octanol–water partition coefficient (Wildman–Crippen LogP) is 4.15. The maximum atomic E-state index is 12.2. The van der Waals surface area contributed by atoms with Crippen molar-refractivity contribution < 1.29 is 19.1 Å². The van der Waals surface area contributed by atoms with Crippen molar-refractivity contribution in [1.82, 2.24) is 10.7 Å². The lowest BCUT2D eigenvalue weighted by Crippen LogP contribution is -2.34. The summed E-state index contributed by atoms with van der Waals surface area (Å²) >= 11 is 0. The second-order valence-electron chi connectivity index (χ2n) is 6.84. The third-order valence-corrected chi connectivity index (χ3v) is 4.24. The number of amides is 2. The molecule has 3 rings (SSSR count). The molecule has 0 aliphatic heterocycles. The second kappa shape index (κ2) is 11.9. The van der Waals surface area contributed by atoms with Crippen LogP contribution in [0, 0.1) is 0 Å². The van der Waals surface area contributed by atoms with E-state index in [4.69, 9.17) is 9.47 Å². The molecule has 0 atom stereocenters. The van der Waals surface area contributed by atoms with Crippen molar-refractivity contribution in [3.63, 3.8) is 0 Å². The van der Waals surface area contributed by atoms with Gasteiger partial charge < -0.3 is 14.8 Å². The van der Waals surface area contributed by atoms with Gasteiger partial charge in [0.15, 0.2) is 0 Å². The quantitative estimate of drug-likeness (QED) is 0.373. The maximum Gasteiger partial charge on any atom is 0.259 e. The minimum absolute atomic E-state index is 0.193. The Kier molecular flexibility index (Phi) is 8.39. The molecule has 2 amide bonds. The Morgan fingerprint density at radius 3 is 2.41 bits per heavy atom. The number of carbonyl (C=O) groups excluding carboxylic acids is 2. The van der Waals surface area contributed by atoms with Crippen LogP contribution < -0.4 is 20.2 Å². The molecule has 0 heterocycles. The van der Waals surface area contributed by atoms with Crippen molar-refractivity contribution in [3.8, 4) is 17.2 Å². The van der Waals surface area contributed by atoms with E-state index in [2.05, 4.69) is 15.8 Å². The molecule has 3 aromatic carbocycles. The first-order valence-electron chi connectivity index (χ1n) is 10.3. The van der Waals surface area contributed by atoms with Gasteiger partial charge in [-0.05, 0) is 60.5 Å². The predicted molar refractivity (Wildman–Crippen MR) is 123 cm³/mol. The Labute approximate surface area is 187 Å². The summed E-state index contributed by atoms with van der Waals surface area (Å²) in [7, 11) is 0. The number of nitrogens with zero attached hydrogens (tertiary/aromatic N) is 1. The topological polar surface area (TPSA) is 89.0 Å². The number of carbonyl (C=O) groups is 2. The number of para-hydroxylation sites is 1. The molecule has 0 unspecified atom stereocenters. The van der Waals surface area contributed by atoms with Crippen LogP contribution in [-0.2, 0) is 4.79 Å². The molecular weight excluding hydrogens is 406 g/mol. The minimum atomic E-state index is -0.436. The zero-order chi connectivity index (χ0) is 22.6. The summed E-state index contributed by atoms with van der Waals surface area (Å²) in [4.78, 5) is 24.1. The van der Waals surface area contributed by atoms with Gasteiger partial charge in [-0.3, -0.25) is 9.59 Å². The van der Waals surface area contributed by atoms with Crippen molar-refractivity contribution >= 4 is 18.0 Å². The van der Waals surface area contributed by atoms with Crippen LogP contribution in [0.5, 0.6) is 17.2 Å². The Hall–Kier alpha value is -4.13. The van der Waals surface area contributed by atoms with Gasteiger partial charge in [0.2, 0.25) is 0 Å². The lowest BCUT2D eigenvalue weighted by molar-refractivity contribution is -0.120. The van der Waals surface area contributed by atoms with E-state index < -0.39 is 5.91 Å². The number of rotatable bonds is 10. The number of hydrogen-bond donors (Lipinski definition) is 2. The first-order chi connectivity index (χ1) is 15.6. The normalized spacial score (nSPS) is 10.5. The van der Waals surface area contributed by atoms with Crippen molar-refractivity contribution in [2.24, 2.45) is 5.10 Å². The van der Waals surface area contributed by atoms with E-state index in [-0.39, 0.29) is 12.5 Å². The van der Waals surface area contributed by atoms with E-state index in [1.807, 2.05) is 55.5 Å². The Morgan fingerprint density at radius 1 is 0.906 bits per heavy atom. The summed E-state index contributed by atoms with van der Waals surface area (Å²) in [6, 6.07) is 23.5. The highest BCUT2D eigenvalue weighted by Crippen LogP contribution is 2.21. The molecule has 3 aromatic rings. The highest BCUT2D eigenvalue weighted by molar-refractivity contribution is 5.96. The van der Waals surface area contributed by atoms with Crippen LogP contribution >= 0.6 is 0 Å². The molecule has 32 heavy (non-hydrogen) atoms. The SMILES string of the molecule is CCCOc1ccc(C(=O)NCC(=O)N/N=C\c2cccc(Oc3ccccc3)c2)cc1. The van der Waals surface area contributed by atoms with E-state index in [1.165, 1.54) is 6.21 Å². The standard InChI is InChI=1S/C25H25N3O4/c1-2-15-31-21-13-11-20(12-14-21)25(30)26-18-24(29)28-27-17-19-7-6-10-23(16-19)32-22-8-4-3-5-9-22/h3-14,16-17H,2,15,18H2,1H3,(H,26,30)(H,28,29)/b27-17-. The maximum absolute atomic E-state index is 12.2. The fraction of sp³-hybridized carbons (Fsp3) is 0.160. The van der Waals surface area contributed by atoms with Gasteiger partial charge in [0, 0.05) is 5.56 Å². The van der Waals surface area contributed by atoms with E-state index >= 15 is 0 Å². The molecule has 7 nitrogen and oxygen atoms in total. The summed E-state index contributed by atoms with van der Waals surface area (Å²) < 4.78 is 11.3. The fourth-order valence-corrected chi connectivity index (χ4v) is 2.69. The van der Waals surface area contributed by atoms with Crippen LogP contribution in [0.3, 0.4) is 0 Å². The molecule has 0 bridgehead atoms. The van der Waals surface area contributed by atoms with Gasteiger partial charge >= 0.3 is 0 Å². The van der Waals surface area contributed by atoms with Crippen LogP contribution in [0.2, 0.25) is 0 Å². The van der Waals surface area contributed by atoms with Gasteiger partial charge in [-0.25, -0.2) is 5.43 Å². The van der Waals surface area contributed by atoms with Gasteiger partial charge in [0.05, 0.1) is 19.4 Å². The van der Waals surface area contributed by atoms with Gasteiger partial charge in [-0.15, -0.1) is 0 Å². The molecule has 2 N–H and O–H groups in total. The largest absolute Gasteiger partial charge is 0.494 e. The highest BCUT2D eigenvalue weighted by atomic mass is 16.5. The first-order valence-corrected chi connectivity index (χ1v) is 10.3. The smallest absolute Gasteiger partial charge is 0.259 e. The molecule has 0 aromatic heterocycles. The number of ether oxygens (including phenoxy) is 2. The zero-order valence-corrected chi connectivity index (χ0v) is 17.8. The Morgan fingerprint density at radius 2 is 1.66 bits per heavy atom. The Balaban J connectivity index is 1.44. The van der Waals surface area contributed by atoms with Crippen LogP contribution in [-0.4, -0.2) is 31.2 Å². The second-order valence-corrected chi connectivity index (χ2v) is 6.84. The fourth-order valence-electron chi connectivity index (χ4n) is 2.69. The summed E-state index contributed by atoms with van der Waals surface area (Å²) in [6.45, 7) is 2.45. The molecule has 0 fully saturated rings. The van der Waals surface area contributed by atoms with Gasteiger partial charge in [0.1, 0.15) is 17.2 Å². The van der Waals surface area contributed by atoms with E-state index in [9.17, 15) is 9.59 Å². The Bertz CT molecular complexity index is 1050. The van der Waals surface area contributed by atoms with Gasteiger partial charge in [-0.1, -0.05) is 37.3 Å². The molecule has 164 valence electrons. The summed E-state index contributed by atoms with van der Waals surface area (Å²) in [5, 5.41) is 6.49. The van der Waals surface area contributed by atoms with E-state index in [1.54, 1.807) is 30.3 Å². The third-order valence-electron chi connectivity index (χ3n) is 4.24. The summed E-state index contributed by atoms with van der Waals surface area (Å²) in [5.74, 6) is 1.30. The average molecular weight is 431 g/mol. The van der Waals surface area contributed by atoms with Crippen LogP contribution in [0.1, 0.15) is 29.3 Å². The average Bonchev–Trinajstić information content (AvgIpc) is 2.82. The summed E-state index contributed by atoms with van der Waals surface area (Å²) in [5.41, 5.74) is 3.60. The van der Waals surface area contributed by atoms with Crippen LogP contribution in [0.15, 0.2) is 84.0 Å². The lowest BCUT2D eigenvalue weighted by Gasteiger charge is -2.07. The van der Waals surface area contributed by atoms with E-state index in [0.29, 0.717) is 23.7 Å². The molecule has 0 saturated carbocycles. The van der Waals surface area contributed by atoms with E-state index in [0.717, 1.165) is 17.7 Å². The molecule has 0 radical (unpaired) electrons. The van der Waals surface area contributed by atoms with Crippen LogP contribution in [0.25, 0.3) is 0 Å². The van der Waals surface area contributed by atoms with Crippen molar-refractivity contribution in [1.29, 1.82) is 0 Å². The molecule has 0 aliphatic carbocycles. The van der Waals surface area contributed by atoms with Crippen molar-refractivity contribution in [3.05, 3.63) is 90.0 Å². The van der Waals surface area contributed by atoms with Crippen molar-refractivity contribution in [2.75, 3.05) is 13.2 Å². The molecule has 0 saturated heterocycles. The minimum Gasteiger partial charge on any atom is -0.494 e. The highest BCUT2D eigenvalue weighted by Gasteiger charge is 2.08. The molecular formula is C25H25N3O4. The third kappa shape index (κ3) is 7.28. The van der Waals surface area contributed by atoms with Gasteiger partial charge in [0.25, 0.3) is 11.8 Å². The zero-order valence-electron chi connectivity index (χ0n) is 17.8. The molecule has 0 aliphatic rings. The molecule has 7 heteroatoms. The number of benzene rings is 3. The summed E-state index contributed by atoms with van der Waals surface area (Å²) in [6.07, 6.45) is 2.42. The number of nitrogens with one attached hydrogen (secondary N) is 2. The van der Waals surface area contributed by atoms with Crippen molar-refractivity contribution in [2.45, 2.75) is 13.3 Å².